The summed E-state index contributed by atoms with van der Waals surface area (Å²) in [7, 11) is 0. The minimum Gasteiger partial charge on any atom is -0.384 e. The Hall–Kier alpha value is -1.58. The highest BCUT2D eigenvalue weighted by Crippen LogP contribution is 2.11. The SMILES string of the molecule is CCCNc1ccncc1C(N)=O. The number of carbonyl (C=O) groups is 1. The van der Waals surface area contributed by atoms with E-state index in [1.165, 1.54) is 6.20 Å². The Morgan fingerprint density at radius 2 is 2.46 bits per heavy atom. The van der Waals surface area contributed by atoms with Gasteiger partial charge in [-0.25, -0.2) is 0 Å². The number of hydrogen-bond acceptors (Lipinski definition) is 3. The molecule has 0 spiro atoms. The third kappa shape index (κ3) is 2.43. The number of rotatable bonds is 4. The summed E-state index contributed by atoms with van der Waals surface area (Å²) in [6.45, 7) is 2.88. The molecule has 0 radical (unpaired) electrons. The van der Waals surface area contributed by atoms with Crippen molar-refractivity contribution in [3.8, 4) is 0 Å². The number of amides is 1. The Morgan fingerprint density at radius 3 is 3.08 bits per heavy atom. The average Bonchev–Trinajstić information content (AvgIpc) is 2.15. The van der Waals surface area contributed by atoms with Gasteiger partial charge in [-0.3, -0.25) is 9.78 Å². The standard InChI is InChI=1S/C9H13N3O/c1-2-4-12-8-3-5-11-6-7(8)9(10)13/h3,5-6H,2,4H2,1H3,(H2,10,13)(H,11,12). The van der Waals surface area contributed by atoms with Gasteiger partial charge in [0, 0.05) is 18.9 Å². The zero-order chi connectivity index (χ0) is 9.68. The molecule has 4 nitrogen and oxygen atoms in total. The van der Waals surface area contributed by atoms with Crippen LogP contribution in [-0.2, 0) is 0 Å². The summed E-state index contributed by atoms with van der Waals surface area (Å²) >= 11 is 0. The molecule has 1 rings (SSSR count). The molecule has 13 heavy (non-hydrogen) atoms. The van der Waals surface area contributed by atoms with Gasteiger partial charge in [0.2, 0.25) is 0 Å². The van der Waals surface area contributed by atoms with E-state index in [-0.39, 0.29) is 0 Å². The summed E-state index contributed by atoms with van der Waals surface area (Å²) in [6, 6.07) is 1.75. The van der Waals surface area contributed by atoms with E-state index in [0.717, 1.165) is 18.7 Å². The van der Waals surface area contributed by atoms with Crippen LogP contribution >= 0.6 is 0 Å². The molecule has 0 fully saturated rings. The summed E-state index contributed by atoms with van der Waals surface area (Å²) in [5.74, 6) is -0.452. The van der Waals surface area contributed by atoms with Crippen LogP contribution in [0.4, 0.5) is 5.69 Å². The van der Waals surface area contributed by atoms with Crippen molar-refractivity contribution < 1.29 is 4.79 Å². The first-order chi connectivity index (χ1) is 6.25. The number of aromatic nitrogens is 1. The first kappa shape index (κ1) is 9.51. The second-order valence-electron chi connectivity index (χ2n) is 2.71. The minimum atomic E-state index is -0.452. The number of carbonyl (C=O) groups excluding carboxylic acids is 1. The zero-order valence-electron chi connectivity index (χ0n) is 7.58. The van der Waals surface area contributed by atoms with Gasteiger partial charge in [0.1, 0.15) is 0 Å². The summed E-state index contributed by atoms with van der Waals surface area (Å²) in [6.07, 6.45) is 4.10. The van der Waals surface area contributed by atoms with Crippen LogP contribution in [0.15, 0.2) is 18.5 Å². The van der Waals surface area contributed by atoms with Crippen molar-refractivity contribution in [2.45, 2.75) is 13.3 Å². The van der Waals surface area contributed by atoms with Crippen molar-refractivity contribution in [3.63, 3.8) is 0 Å². The van der Waals surface area contributed by atoms with E-state index >= 15 is 0 Å². The lowest BCUT2D eigenvalue weighted by Crippen LogP contribution is -2.15. The number of nitrogens with zero attached hydrogens (tertiary/aromatic N) is 1. The number of pyridine rings is 1. The maximum atomic E-state index is 10.9. The van der Waals surface area contributed by atoms with E-state index in [1.54, 1.807) is 12.3 Å². The molecule has 0 aliphatic carbocycles. The van der Waals surface area contributed by atoms with Crippen LogP contribution in [0, 0.1) is 0 Å². The van der Waals surface area contributed by atoms with Crippen LogP contribution in [0.1, 0.15) is 23.7 Å². The predicted molar refractivity (Wildman–Crippen MR) is 51.5 cm³/mol. The van der Waals surface area contributed by atoms with Crippen molar-refractivity contribution in [2.24, 2.45) is 5.73 Å². The van der Waals surface area contributed by atoms with Crippen molar-refractivity contribution in [1.82, 2.24) is 4.98 Å². The molecule has 4 heteroatoms. The van der Waals surface area contributed by atoms with E-state index in [1.807, 2.05) is 0 Å². The second-order valence-corrected chi connectivity index (χ2v) is 2.71. The zero-order valence-corrected chi connectivity index (χ0v) is 7.58. The van der Waals surface area contributed by atoms with Crippen LogP contribution in [0.2, 0.25) is 0 Å². The fourth-order valence-electron chi connectivity index (χ4n) is 1.00. The number of nitrogens with one attached hydrogen (secondary N) is 1. The largest absolute Gasteiger partial charge is 0.384 e. The molecule has 0 atom stereocenters. The normalized spacial score (nSPS) is 9.62. The monoisotopic (exact) mass is 179 g/mol. The molecule has 0 aliphatic heterocycles. The summed E-state index contributed by atoms with van der Waals surface area (Å²) in [5.41, 5.74) is 6.36. The van der Waals surface area contributed by atoms with Crippen molar-refractivity contribution in [1.29, 1.82) is 0 Å². The molecule has 0 unspecified atom stereocenters. The van der Waals surface area contributed by atoms with E-state index in [9.17, 15) is 4.79 Å². The molecule has 1 heterocycles. The predicted octanol–water partition coefficient (Wildman–Crippen LogP) is 1.00. The fourth-order valence-corrected chi connectivity index (χ4v) is 1.00. The Labute approximate surface area is 77.2 Å². The highest BCUT2D eigenvalue weighted by Gasteiger charge is 2.05. The molecule has 3 N–H and O–H groups in total. The van der Waals surface area contributed by atoms with E-state index in [0.29, 0.717) is 5.56 Å². The maximum absolute atomic E-state index is 10.9. The average molecular weight is 179 g/mol. The van der Waals surface area contributed by atoms with Gasteiger partial charge in [-0.05, 0) is 12.5 Å². The minimum absolute atomic E-state index is 0.441. The molecular weight excluding hydrogens is 166 g/mol. The molecule has 0 saturated heterocycles. The van der Waals surface area contributed by atoms with Gasteiger partial charge in [-0.2, -0.15) is 0 Å². The highest BCUT2D eigenvalue weighted by molar-refractivity contribution is 5.98. The number of nitrogens with two attached hydrogens (primary N) is 1. The van der Waals surface area contributed by atoms with Gasteiger partial charge in [-0.15, -0.1) is 0 Å². The van der Waals surface area contributed by atoms with E-state index in [2.05, 4.69) is 17.2 Å². The van der Waals surface area contributed by atoms with Gasteiger partial charge in [0.15, 0.2) is 0 Å². The first-order valence-electron chi connectivity index (χ1n) is 4.23. The van der Waals surface area contributed by atoms with Crippen molar-refractivity contribution >= 4 is 11.6 Å². The van der Waals surface area contributed by atoms with Gasteiger partial charge < -0.3 is 11.1 Å². The Morgan fingerprint density at radius 1 is 1.69 bits per heavy atom. The molecule has 1 amide bonds. The van der Waals surface area contributed by atoms with Crippen LogP contribution < -0.4 is 11.1 Å². The summed E-state index contributed by atoms with van der Waals surface area (Å²) in [4.78, 5) is 14.8. The fraction of sp³-hybridized carbons (Fsp3) is 0.333. The van der Waals surface area contributed by atoms with Crippen molar-refractivity contribution in [2.75, 3.05) is 11.9 Å². The van der Waals surface area contributed by atoms with Crippen molar-refractivity contribution in [3.05, 3.63) is 24.0 Å². The van der Waals surface area contributed by atoms with Crippen LogP contribution in [-0.4, -0.2) is 17.4 Å². The van der Waals surface area contributed by atoms with Crippen LogP contribution in [0.3, 0.4) is 0 Å². The van der Waals surface area contributed by atoms with E-state index < -0.39 is 5.91 Å². The first-order valence-corrected chi connectivity index (χ1v) is 4.23. The smallest absolute Gasteiger partial charge is 0.252 e. The molecule has 0 bridgehead atoms. The highest BCUT2D eigenvalue weighted by atomic mass is 16.1. The Balaban J connectivity index is 2.84. The maximum Gasteiger partial charge on any atom is 0.252 e. The third-order valence-electron chi connectivity index (χ3n) is 1.65. The Kier molecular flexibility index (Phi) is 3.25. The van der Waals surface area contributed by atoms with Crippen LogP contribution in [0.5, 0.6) is 0 Å². The molecule has 1 aromatic heterocycles. The summed E-state index contributed by atoms with van der Waals surface area (Å²) < 4.78 is 0. The summed E-state index contributed by atoms with van der Waals surface area (Å²) in [5, 5.41) is 3.10. The lowest BCUT2D eigenvalue weighted by atomic mass is 10.2. The van der Waals surface area contributed by atoms with Crippen LogP contribution in [0.25, 0.3) is 0 Å². The van der Waals surface area contributed by atoms with Gasteiger partial charge >= 0.3 is 0 Å². The molecule has 0 aromatic carbocycles. The Bertz CT molecular complexity index is 299. The molecule has 0 aliphatic rings. The topological polar surface area (TPSA) is 68.0 Å². The number of primary amides is 1. The van der Waals surface area contributed by atoms with Gasteiger partial charge in [0.25, 0.3) is 5.91 Å². The number of hydrogen-bond donors (Lipinski definition) is 2. The lowest BCUT2D eigenvalue weighted by molar-refractivity contribution is 0.100. The quantitative estimate of drug-likeness (QED) is 0.724. The third-order valence-corrected chi connectivity index (χ3v) is 1.65. The second kappa shape index (κ2) is 4.45. The molecule has 70 valence electrons. The molecule has 1 aromatic rings. The molecule has 0 saturated carbocycles. The lowest BCUT2D eigenvalue weighted by Gasteiger charge is -2.07. The van der Waals surface area contributed by atoms with E-state index in [4.69, 9.17) is 5.73 Å². The molecular formula is C9H13N3O. The van der Waals surface area contributed by atoms with Gasteiger partial charge in [0.05, 0.1) is 11.3 Å². The van der Waals surface area contributed by atoms with Gasteiger partial charge in [-0.1, -0.05) is 6.92 Å². The number of anilines is 1.